The lowest BCUT2D eigenvalue weighted by molar-refractivity contribution is 1.11. The number of benzene rings is 1. The molecule has 1 aromatic carbocycles. The number of aromatic amines is 1. The molecule has 0 saturated carbocycles. The van der Waals surface area contributed by atoms with Crippen LogP contribution in [0.2, 0.25) is 5.15 Å². The zero-order chi connectivity index (χ0) is 17.2. The minimum Gasteiger partial charge on any atom is -0.366 e. The van der Waals surface area contributed by atoms with Gasteiger partial charge < -0.3 is 10.3 Å². The van der Waals surface area contributed by atoms with Gasteiger partial charge in [0, 0.05) is 23.2 Å². The molecule has 0 saturated heterocycles. The van der Waals surface area contributed by atoms with Gasteiger partial charge in [-0.2, -0.15) is 0 Å². The summed E-state index contributed by atoms with van der Waals surface area (Å²) in [7, 11) is 0. The van der Waals surface area contributed by atoms with Crippen molar-refractivity contribution in [3.8, 4) is 11.3 Å². The number of hydrogen-bond acceptors (Lipinski definition) is 5. The first kappa shape index (κ1) is 15.9. The second kappa shape index (κ2) is 6.74. The van der Waals surface area contributed by atoms with E-state index in [2.05, 4.69) is 37.9 Å². The van der Waals surface area contributed by atoms with Gasteiger partial charge in [-0.05, 0) is 29.8 Å². The van der Waals surface area contributed by atoms with Crippen LogP contribution < -0.4 is 5.32 Å². The van der Waals surface area contributed by atoms with Crippen LogP contribution in [0, 0.1) is 0 Å². The van der Waals surface area contributed by atoms with Crippen molar-refractivity contribution in [2.75, 3.05) is 5.32 Å². The molecule has 5 nitrogen and oxygen atoms in total. The highest BCUT2D eigenvalue weighted by Crippen LogP contribution is 2.26. The molecule has 0 aliphatic rings. The van der Waals surface area contributed by atoms with E-state index in [1.165, 1.54) is 6.20 Å². The first-order chi connectivity index (χ1) is 12.2. The first-order valence-corrected chi connectivity index (χ1v) is 8.50. The molecule has 25 heavy (non-hydrogen) atoms. The number of nitrogens with zero attached hydrogens (tertiary/aromatic N) is 3. The lowest BCUT2D eigenvalue weighted by Gasteiger charge is -2.07. The van der Waals surface area contributed by atoms with E-state index in [9.17, 15) is 0 Å². The summed E-state index contributed by atoms with van der Waals surface area (Å²) >= 11 is 10.3. The summed E-state index contributed by atoms with van der Waals surface area (Å²) in [6.07, 6.45) is 3.37. The fourth-order valence-corrected chi connectivity index (χ4v) is 2.84. The second-order valence-electron chi connectivity index (χ2n) is 5.52. The molecule has 3 heterocycles. The highest BCUT2D eigenvalue weighted by Gasteiger charge is 2.11. The van der Waals surface area contributed by atoms with Crippen molar-refractivity contribution in [1.29, 1.82) is 0 Å². The van der Waals surface area contributed by atoms with E-state index in [1.54, 1.807) is 0 Å². The topological polar surface area (TPSA) is 66.5 Å². The Hall–Kier alpha value is -2.57. The van der Waals surface area contributed by atoms with Gasteiger partial charge in [-0.25, -0.2) is 15.0 Å². The molecule has 3 aromatic heterocycles. The third kappa shape index (κ3) is 3.45. The van der Waals surface area contributed by atoms with Gasteiger partial charge in [0.15, 0.2) is 5.65 Å². The van der Waals surface area contributed by atoms with Crippen molar-refractivity contribution < 1.29 is 0 Å². The number of fused-ring (bicyclic) bond motifs is 1. The molecule has 0 aliphatic carbocycles. The van der Waals surface area contributed by atoms with Crippen LogP contribution in [-0.2, 0) is 6.54 Å². The number of anilines is 1. The highest BCUT2D eigenvalue weighted by atomic mass is 35.5. The van der Waals surface area contributed by atoms with E-state index >= 15 is 0 Å². The smallest absolute Gasteiger partial charge is 0.156 e. The molecule has 4 aromatic rings. The van der Waals surface area contributed by atoms with E-state index in [4.69, 9.17) is 11.6 Å². The van der Waals surface area contributed by atoms with Crippen LogP contribution in [0.3, 0.4) is 0 Å². The predicted octanol–water partition coefficient (Wildman–Crippen LogP) is 4.57. The molecule has 0 aliphatic heterocycles. The molecule has 2 N–H and O–H groups in total. The third-order valence-corrected chi connectivity index (χ3v) is 4.27. The predicted molar refractivity (Wildman–Crippen MR) is 103 cm³/mol. The Morgan fingerprint density at radius 2 is 1.92 bits per heavy atom. The lowest BCUT2D eigenvalue weighted by atomic mass is 10.2. The van der Waals surface area contributed by atoms with E-state index in [1.807, 2.05) is 48.7 Å². The van der Waals surface area contributed by atoms with Crippen LogP contribution in [0.1, 0.15) is 5.56 Å². The van der Waals surface area contributed by atoms with Crippen molar-refractivity contribution >= 4 is 41.2 Å². The number of nitrogens with one attached hydrogen (secondary N) is 2. The lowest BCUT2D eigenvalue weighted by Crippen LogP contribution is -2.01. The van der Waals surface area contributed by atoms with Crippen LogP contribution in [0.15, 0.2) is 59.8 Å². The van der Waals surface area contributed by atoms with E-state index in [0.29, 0.717) is 22.9 Å². The Kier molecular flexibility index (Phi) is 4.29. The molecule has 4 rings (SSSR count). The van der Waals surface area contributed by atoms with Crippen molar-refractivity contribution in [2.24, 2.45) is 0 Å². The highest BCUT2D eigenvalue weighted by molar-refractivity contribution is 7.80. The number of halogens is 1. The maximum absolute atomic E-state index is 5.97. The number of thiol groups is 1. The van der Waals surface area contributed by atoms with Crippen molar-refractivity contribution in [2.45, 2.75) is 11.4 Å². The largest absolute Gasteiger partial charge is 0.366 e. The van der Waals surface area contributed by atoms with Gasteiger partial charge in [-0.3, -0.25) is 0 Å². The molecule has 124 valence electrons. The maximum Gasteiger partial charge on any atom is 0.156 e. The van der Waals surface area contributed by atoms with Crippen LogP contribution in [0.5, 0.6) is 0 Å². The number of aromatic nitrogens is 4. The molecule has 0 amide bonds. The Labute approximate surface area is 154 Å². The molecule has 0 fully saturated rings. The van der Waals surface area contributed by atoms with Crippen molar-refractivity contribution in [1.82, 2.24) is 19.9 Å². The van der Waals surface area contributed by atoms with Crippen LogP contribution in [0.4, 0.5) is 5.82 Å². The fourth-order valence-electron chi connectivity index (χ4n) is 2.55. The van der Waals surface area contributed by atoms with Crippen molar-refractivity contribution in [3.63, 3.8) is 0 Å². The van der Waals surface area contributed by atoms with Gasteiger partial charge in [-0.1, -0.05) is 29.8 Å². The molecule has 0 radical (unpaired) electrons. The number of hydrogen-bond donors (Lipinski definition) is 3. The van der Waals surface area contributed by atoms with Gasteiger partial charge in [-0.15, -0.1) is 12.6 Å². The molecule has 0 unspecified atom stereocenters. The Morgan fingerprint density at radius 3 is 2.76 bits per heavy atom. The summed E-state index contributed by atoms with van der Waals surface area (Å²) in [5.74, 6) is 0.789. The van der Waals surface area contributed by atoms with Crippen molar-refractivity contribution in [3.05, 3.63) is 65.6 Å². The summed E-state index contributed by atoms with van der Waals surface area (Å²) in [5, 5.41) is 3.69. The van der Waals surface area contributed by atoms with Crippen LogP contribution >= 0.6 is 24.2 Å². The van der Waals surface area contributed by atoms with E-state index in [0.717, 1.165) is 27.5 Å². The van der Waals surface area contributed by atoms with Gasteiger partial charge in [0.25, 0.3) is 0 Å². The zero-order valence-corrected chi connectivity index (χ0v) is 14.7. The Balaban J connectivity index is 1.60. The number of pyridine rings is 1. The minimum atomic E-state index is 0.357. The SMILES string of the molecule is Sc1ccc(CNc2cccc(-c3c[nH]c4ncc(Cl)nc34)n2)cc1. The summed E-state index contributed by atoms with van der Waals surface area (Å²) < 4.78 is 0. The van der Waals surface area contributed by atoms with E-state index < -0.39 is 0 Å². The molecule has 7 heteroatoms. The normalized spacial score (nSPS) is 11.0. The Bertz CT molecular complexity index is 1030. The summed E-state index contributed by atoms with van der Waals surface area (Å²) in [5.41, 5.74) is 4.23. The minimum absolute atomic E-state index is 0.357. The van der Waals surface area contributed by atoms with Gasteiger partial charge in [0.2, 0.25) is 0 Å². The molecule has 0 spiro atoms. The maximum atomic E-state index is 5.97. The summed E-state index contributed by atoms with van der Waals surface area (Å²) in [6, 6.07) is 13.8. The van der Waals surface area contributed by atoms with Gasteiger partial charge >= 0.3 is 0 Å². The average molecular weight is 368 g/mol. The van der Waals surface area contributed by atoms with Gasteiger partial charge in [0.05, 0.1) is 11.9 Å². The summed E-state index contributed by atoms with van der Waals surface area (Å²) in [4.78, 5) is 17.3. The fraction of sp³-hybridized carbons (Fsp3) is 0.0556. The molecule has 0 bridgehead atoms. The Morgan fingerprint density at radius 1 is 1.08 bits per heavy atom. The zero-order valence-electron chi connectivity index (χ0n) is 13.1. The quantitative estimate of drug-likeness (QED) is 0.462. The molecular weight excluding hydrogens is 354 g/mol. The second-order valence-corrected chi connectivity index (χ2v) is 6.42. The third-order valence-electron chi connectivity index (χ3n) is 3.79. The van der Waals surface area contributed by atoms with E-state index in [-0.39, 0.29) is 0 Å². The van der Waals surface area contributed by atoms with Gasteiger partial charge in [0.1, 0.15) is 16.5 Å². The van der Waals surface area contributed by atoms with Crippen LogP contribution in [-0.4, -0.2) is 19.9 Å². The number of rotatable bonds is 4. The first-order valence-electron chi connectivity index (χ1n) is 7.68. The standard InChI is InChI=1S/C18H14ClN5S/c19-15-10-22-18-17(24-15)13(9-21-18)14-2-1-3-16(23-14)20-8-11-4-6-12(25)7-5-11/h1-7,9-10,25H,8H2,(H,20,23)(H,21,22). The monoisotopic (exact) mass is 367 g/mol. The summed E-state index contributed by atoms with van der Waals surface area (Å²) in [6.45, 7) is 0.685. The molecule has 0 atom stereocenters. The average Bonchev–Trinajstić information content (AvgIpc) is 3.04. The number of H-pyrrole nitrogens is 1. The van der Waals surface area contributed by atoms with Crippen LogP contribution in [0.25, 0.3) is 22.4 Å². The molecular formula is C18H14ClN5S.